The van der Waals surface area contributed by atoms with Crippen LogP contribution >= 0.6 is 12.2 Å². The van der Waals surface area contributed by atoms with Gasteiger partial charge in [0.25, 0.3) is 0 Å². The molecule has 2 N–H and O–H groups in total. The van der Waals surface area contributed by atoms with Gasteiger partial charge in [-0.2, -0.15) is 0 Å². The fraction of sp³-hybridized carbons (Fsp3) is 0.900. The Labute approximate surface area is 92.6 Å². The summed E-state index contributed by atoms with van der Waals surface area (Å²) >= 11 is 5.10. The van der Waals surface area contributed by atoms with Crippen molar-refractivity contribution in [2.24, 2.45) is 5.92 Å². The molecule has 0 spiro atoms. The molecule has 0 amide bonds. The molecule has 0 saturated carbocycles. The fourth-order valence-electron chi connectivity index (χ4n) is 1.14. The lowest BCUT2D eigenvalue weighted by atomic mass is 10.0. The minimum Gasteiger partial charge on any atom is -0.383 e. The number of hydrogen-bond acceptors (Lipinski definition) is 2. The first-order chi connectivity index (χ1) is 6.74. The molecule has 0 aromatic carbocycles. The predicted molar refractivity (Wildman–Crippen MR) is 64.6 cm³/mol. The Morgan fingerprint density at radius 1 is 1.29 bits per heavy atom. The van der Waals surface area contributed by atoms with E-state index in [9.17, 15) is 0 Å². The SMILES string of the molecule is CCC(CC)CNC(=S)NCCOC. The van der Waals surface area contributed by atoms with Crippen LogP contribution in [0.15, 0.2) is 0 Å². The highest BCUT2D eigenvalue weighted by atomic mass is 32.1. The van der Waals surface area contributed by atoms with Gasteiger partial charge in [0.1, 0.15) is 0 Å². The lowest BCUT2D eigenvalue weighted by molar-refractivity contribution is 0.204. The van der Waals surface area contributed by atoms with Crippen molar-refractivity contribution in [1.82, 2.24) is 10.6 Å². The van der Waals surface area contributed by atoms with Crippen LogP contribution in [0.2, 0.25) is 0 Å². The van der Waals surface area contributed by atoms with Crippen LogP contribution in [-0.4, -0.2) is 31.9 Å². The zero-order valence-corrected chi connectivity index (χ0v) is 10.2. The Morgan fingerprint density at radius 3 is 2.43 bits per heavy atom. The zero-order chi connectivity index (χ0) is 10.8. The fourth-order valence-corrected chi connectivity index (χ4v) is 1.33. The summed E-state index contributed by atoms with van der Waals surface area (Å²) < 4.78 is 4.91. The van der Waals surface area contributed by atoms with Crippen LogP contribution in [0.1, 0.15) is 26.7 Å². The molecule has 0 aliphatic rings. The molecule has 0 aliphatic heterocycles. The van der Waals surface area contributed by atoms with E-state index < -0.39 is 0 Å². The van der Waals surface area contributed by atoms with Gasteiger partial charge in [0.15, 0.2) is 5.11 Å². The molecule has 0 aromatic heterocycles. The summed E-state index contributed by atoms with van der Waals surface area (Å²) in [6.45, 7) is 6.83. The Hall–Kier alpha value is -0.350. The van der Waals surface area contributed by atoms with E-state index in [1.54, 1.807) is 7.11 Å². The van der Waals surface area contributed by atoms with Crippen LogP contribution in [-0.2, 0) is 4.74 Å². The van der Waals surface area contributed by atoms with Gasteiger partial charge in [-0.15, -0.1) is 0 Å². The van der Waals surface area contributed by atoms with Crippen molar-refractivity contribution in [1.29, 1.82) is 0 Å². The standard InChI is InChI=1S/C10H22N2OS/c1-4-9(5-2)8-12-10(14)11-6-7-13-3/h9H,4-8H2,1-3H3,(H2,11,12,14). The Balaban J connectivity index is 3.42. The van der Waals surface area contributed by atoms with E-state index in [1.807, 2.05) is 0 Å². The normalized spacial score (nSPS) is 10.3. The lowest BCUT2D eigenvalue weighted by Crippen LogP contribution is -2.39. The van der Waals surface area contributed by atoms with Crippen LogP contribution in [0.4, 0.5) is 0 Å². The maximum Gasteiger partial charge on any atom is 0.166 e. The molecule has 4 heteroatoms. The molecule has 0 heterocycles. The average molecular weight is 218 g/mol. The van der Waals surface area contributed by atoms with Gasteiger partial charge in [0.2, 0.25) is 0 Å². The summed E-state index contributed by atoms with van der Waals surface area (Å²) in [5.74, 6) is 0.720. The van der Waals surface area contributed by atoms with Gasteiger partial charge >= 0.3 is 0 Å². The molecule has 3 nitrogen and oxygen atoms in total. The van der Waals surface area contributed by atoms with E-state index in [4.69, 9.17) is 17.0 Å². The molecule has 0 radical (unpaired) electrons. The average Bonchev–Trinajstić information content (AvgIpc) is 2.20. The summed E-state index contributed by atoms with van der Waals surface area (Å²) in [5.41, 5.74) is 0. The molecule has 14 heavy (non-hydrogen) atoms. The minimum atomic E-state index is 0.687. The Morgan fingerprint density at radius 2 is 1.93 bits per heavy atom. The Kier molecular flexibility index (Phi) is 8.98. The highest BCUT2D eigenvalue weighted by Gasteiger charge is 2.03. The molecule has 0 rings (SSSR count). The Bertz CT molecular complexity index is 149. The third-order valence-corrected chi connectivity index (χ3v) is 2.59. The van der Waals surface area contributed by atoms with Crippen molar-refractivity contribution < 1.29 is 4.74 Å². The van der Waals surface area contributed by atoms with E-state index >= 15 is 0 Å². The van der Waals surface area contributed by atoms with E-state index in [2.05, 4.69) is 24.5 Å². The summed E-state index contributed by atoms with van der Waals surface area (Å²) in [5, 5.41) is 7.02. The van der Waals surface area contributed by atoms with Gasteiger partial charge in [-0.1, -0.05) is 26.7 Å². The quantitative estimate of drug-likeness (QED) is 0.501. The molecule has 0 atom stereocenters. The van der Waals surface area contributed by atoms with Crippen molar-refractivity contribution in [3.63, 3.8) is 0 Å². The van der Waals surface area contributed by atoms with Crippen LogP contribution in [0.5, 0.6) is 0 Å². The molecule has 0 saturated heterocycles. The number of rotatable bonds is 7. The van der Waals surface area contributed by atoms with Crippen molar-refractivity contribution in [3.8, 4) is 0 Å². The summed E-state index contributed by atoms with van der Waals surface area (Å²) in [7, 11) is 1.68. The van der Waals surface area contributed by atoms with Gasteiger partial charge in [0.05, 0.1) is 6.61 Å². The molecule has 0 aromatic rings. The third kappa shape index (κ3) is 7.09. The van der Waals surface area contributed by atoms with Crippen LogP contribution < -0.4 is 10.6 Å². The summed E-state index contributed by atoms with van der Waals surface area (Å²) in [6, 6.07) is 0. The topological polar surface area (TPSA) is 33.3 Å². The van der Waals surface area contributed by atoms with Gasteiger partial charge in [-0.3, -0.25) is 0 Å². The number of ether oxygens (including phenoxy) is 1. The monoisotopic (exact) mass is 218 g/mol. The first-order valence-electron chi connectivity index (χ1n) is 5.25. The first kappa shape index (κ1) is 13.7. The highest BCUT2D eigenvalue weighted by Crippen LogP contribution is 2.04. The number of thiocarbonyl (C=S) groups is 1. The van der Waals surface area contributed by atoms with Crippen molar-refractivity contribution >= 4 is 17.3 Å². The molecular formula is C10H22N2OS. The number of nitrogens with one attached hydrogen (secondary N) is 2. The van der Waals surface area contributed by atoms with Gasteiger partial charge in [-0.25, -0.2) is 0 Å². The van der Waals surface area contributed by atoms with Gasteiger partial charge < -0.3 is 15.4 Å². The smallest absolute Gasteiger partial charge is 0.166 e. The summed E-state index contributed by atoms with van der Waals surface area (Å²) in [4.78, 5) is 0. The van der Waals surface area contributed by atoms with E-state index in [-0.39, 0.29) is 0 Å². The van der Waals surface area contributed by atoms with Gasteiger partial charge in [-0.05, 0) is 18.1 Å². The maximum atomic E-state index is 5.10. The number of methoxy groups -OCH3 is 1. The predicted octanol–water partition coefficient (Wildman–Crippen LogP) is 1.53. The molecular weight excluding hydrogens is 196 g/mol. The first-order valence-corrected chi connectivity index (χ1v) is 5.66. The minimum absolute atomic E-state index is 0.687. The van der Waals surface area contributed by atoms with E-state index in [0.717, 1.165) is 24.1 Å². The molecule has 84 valence electrons. The second kappa shape index (κ2) is 9.21. The van der Waals surface area contributed by atoms with E-state index in [1.165, 1.54) is 12.8 Å². The van der Waals surface area contributed by atoms with Crippen LogP contribution in [0.3, 0.4) is 0 Å². The molecule has 0 unspecified atom stereocenters. The summed E-state index contributed by atoms with van der Waals surface area (Å²) in [6.07, 6.45) is 2.40. The molecule has 0 fully saturated rings. The molecule has 0 aliphatic carbocycles. The van der Waals surface area contributed by atoms with Crippen molar-refractivity contribution in [2.45, 2.75) is 26.7 Å². The van der Waals surface area contributed by atoms with Crippen molar-refractivity contribution in [3.05, 3.63) is 0 Å². The third-order valence-electron chi connectivity index (χ3n) is 2.30. The second-order valence-corrected chi connectivity index (χ2v) is 3.72. The largest absolute Gasteiger partial charge is 0.383 e. The highest BCUT2D eigenvalue weighted by molar-refractivity contribution is 7.80. The zero-order valence-electron chi connectivity index (χ0n) is 9.43. The number of hydrogen-bond donors (Lipinski definition) is 2. The second-order valence-electron chi connectivity index (χ2n) is 3.31. The maximum absolute atomic E-state index is 5.10. The van der Waals surface area contributed by atoms with Crippen LogP contribution in [0.25, 0.3) is 0 Å². The van der Waals surface area contributed by atoms with E-state index in [0.29, 0.717) is 6.61 Å². The van der Waals surface area contributed by atoms with Crippen molar-refractivity contribution in [2.75, 3.05) is 26.8 Å². The lowest BCUT2D eigenvalue weighted by Gasteiger charge is -2.15. The van der Waals surface area contributed by atoms with Crippen LogP contribution in [0, 0.1) is 5.92 Å². The van der Waals surface area contributed by atoms with Gasteiger partial charge in [0, 0.05) is 20.2 Å². The molecule has 0 bridgehead atoms.